The first-order valence-electron chi connectivity index (χ1n) is 8.39. The molecule has 0 spiro atoms. The number of amides is 1. The van der Waals surface area contributed by atoms with Gasteiger partial charge in [-0.1, -0.05) is 0 Å². The van der Waals surface area contributed by atoms with Crippen LogP contribution in [0, 0.1) is 9.39 Å². The molecule has 1 aromatic rings. The Morgan fingerprint density at radius 1 is 1.17 bits per heavy atom. The summed E-state index contributed by atoms with van der Waals surface area (Å²) in [5.74, 6) is -0.577. The Morgan fingerprint density at radius 2 is 1.83 bits per heavy atom. The molecule has 1 aliphatic rings. The lowest BCUT2D eigenvalue weighted by molar-refractivity contribution is 0.0949. The van der Waals surface area contributed by atoms with Gasteiger partial charge < -0.3 is 15.3 Å². The van der Waals surface area contributed by atoms with Crippen LogP contribution < -0.4 is 5.32 Å². The number of hydrogen-bond acceptors (Lipinski definition) is 4. The van der Waals surface area contributed by atoms with Crippen molar-refractivity contribution in [3.05, 3.63) is 33.1 Å². The fourth-order valence-electron chi connectivity index (χ4n) is 2.78. The van der Waals surface area contributed by atoms with E-state index in [1.54, 1.807) is 12.1 Å². The van der Waals surface area contributed by atoms with Gasteiger partial charge in [0.1, 0.15) is 5.82 Å². The molecule has 1 saturated heterocycles. The van der Waals surface area contributed by atoms with E-state index in [1.807, 2.05) is 22.6 Å². The van der Waals surface area contributed by atoms with E-state index in [0.717, 1.165) is 52.1 Å². The maximum absolute atomic E-state index is 13.5. The second-order valence-corrected chi connectivity index (χ2v) is 7.16. The van der Waals surface area contributed by atoms with E-state index >= 15 is 0 Å². The topological polar surface area (TPSA) is 55.8 Å². The summed E-state index contributed by atoms with van der Waals surface area (Å²) in [5.41, 5.74) is 0.368. The number of carbonyl (C=O) groups is 1. The highest BCUT2D eigenvalue weighted by molar-refractivity contribution is 14.1. The van der Waals surface area contributed by atoms with Crippen molar-refractivity contribution < 1.29 is 14.3 Å². The molecule has 2 rings (SSSR count). The Morgan fingerprint density at radius 3 is 2.46 bits per heavy atom. The average molecular weight is 449 g/mol. The highest BCUT2D eigenvalue weighted by atomic mass is 127. The van der Waals surface area contributed by atoms with Crippen LogP contribution in [0.5, 0.6) is 0 Å². The molecule has 0 unspecified atom stereocenters. The van der Waals surface area contributed by atoms with Crippen LogP contribution in [0.1, 0.15) is 23.2 Å². The van der Waals surface area contributed by atoms with Gasteiger partial charge in [0.05, 0.1) is 6.61 Å². The first-order valence-corrected chi connectivity index (χ1v) is 9.47. The summed E-state index contributed by atoms with van der Waals surface area (Å²) in [6.07, 6.45) is 1.94. The number of halogens is 2. The lowest BCUT2D eigenvalue weighted by Crippen LogP contribution is -2.47. The molecule has 5 nitrogen and oxygen atoms in total. The molecule has 7 heteroatoms. The Bertz CT molecular complexity index is 537. The maximum Gasteiger partial charge on any atom is 0.251 e. The zero-order chi connectivity index (χ0) is 17.4. The third-order valence-corrected chi connectivity index (χ3v) is 5.12. The Balaban J connectivity index is 1.58. The molecule has 1 heterocycles. The summed E-state index contributed by atoms with van der Waals surface area (Å²) in [5, 5.41) is 11.8. The minimum Gasteiger partial charge on any atom is -0.395 e. The summed E-state index contributed by atoms with van der Waals surface area (Å²) in [6.45, 7) is 6.72. The third-order valence-electron chi connectivity index (χ3n) is 4.25. The van der Waals surface area contributed by atoms with Gasteiger partial charge in [0.25, 0.3) is 5.91 Å². The van der Waals surface area contributed by atoms with E-state index < -0.39 is 0 Å². The van der Waals surface area contributed by atoms with E-state index in [-0.39, 0.29) is 18.3 Å². The number of β-amino-alcohol motifs (C(OH)–C–C–N with tert-alkyl or cyclic N) is 1. The fraction of sp³-hybridized carbons (Fsp3) is 0.588. The van der Waals surface area contributed by atoms with Crippen molar-refractivity contribution in [1.29, 1.82) is 0 Å². The largest absolute Gasteiger partial charge is 0.395 e. The van der Waals surface area contributed by atoms with Gasteiger partial charge in [0.2, 0.25) is 0 Å². The summed E-state index contributed by atoms with van der Waals surface area (Å²) < 4.78 is 14.0. The first-order chi connectivity index (χ1) is 11.6. The number of nitrogens with one attached hydrogen (secondary N) is 1. The maximum atomic E-state index is 13.5. The molecule has 0 saturated carbocycles. The first kappa shape index (κ1) is 19.6. The molecular formula is C17H25FIN3O2. The summed E-state index contributed by atoms with van der Waals surface area (Å²) in [4.78, 5) is 16.6. The molecular weight excluding hydrogens is 424 g/mol. The van der Waals surface area contributed by atoms with Crippen molar-refractivity contribution >= 4 is 28.5 Å². The van der Waals surface area contributed by atoms with Crippen LogP contribution in [0.25, 0.3) is 0 Å². The molecule has 2 N–H and O–H groups in total. The van der Waals surface area contributed by atoms with Gasteiger partial charge >= 0.3 is 0 Å². The van der Waals surface area contributed by atoms with Gasteiger partial charge in [0.15, 0.2) is 0 Å². The number of piperazine rings is 1. The van der Waals surface area contributed by atoms with Crippen LogP contribution in [-0.2, 0) is 0 Å². The molecule has 1 amide bonds. The van der Waals surface area contributed by atoms with E-state index in [1.165, 1.54) is 6.07 Å². The summed E-state index contributed by atoms with van der Waals surface area (Å²) in [6, 6.07) is 4.54. The Kier molecular flexibility index (Phi) is 8.37. The van der Waals surface area contributed by atoms with E-state index in [4.69, 9.17) is 5.11 Å². The van der Waals surface area contributed by atoms with Crippen molar-refractivity contribution in [3.63, 3.8) is 0 Å². The number of hydrogen-bond donors (Lipinski definition) is 2. The minimum absolute atomic E-state index is 0.220. The van der Waals surface area contributed by atoms with Crippen molar-refractivity contribution in [2.75, 3.05) is 52.4 Å². The number of nitrogens with zero attached hydrogens (tertiary/aromatic N) is 2. The molecule has 1 aliphatic heterocycles. The van der Waals surface area contributed by atoms with E-state index in [0.29, 0.717) is 15.7 Å². The zero-order valence-electron chi connectivity index (χ0n) is 13.8. The molecule has 1 fully saturated rings. The van der Waals surface area contributed by atoms with Gasteiger partial charge in [-0.05, 0) is 60.2 Å². The van der Waals surface area contributed by atoms with Crippen LogP contribution in [0.2, 0.25) is 0 Å². The van der Waals surface area contributed by atoms with Crippen LogP contribution in [0.4, 0.5) is 4.39 Å². The van der Waals surface area contributed by atoms with Crippen LogP contribution in [-0.4, -0.2) is 73.2 Å². The average Bonchev–Trinajstić information content (AvgIpc) is 2.58. The number of rotatable bonds is 8. The van der Waals surface area contributed by atoms with E-state index in [2.05, 4.69) is 15.1 Å². The standard InChI is InChI=1S/C17H25FIN3O2/c18-15-13-14(3-4-16(15)19)17(24)20-5-1-2-6-21-7-9-22(10-8-21)11-12-23/h3-4,13,23H,1-2,5-12H2,(H,20,24). The lowest BCUT2D eigenvalue weighted by atomic mass is 10.2. The molecule has 0 aliphatic carbocycles. The predicted octanol–water partition coefficient (Wildman–Crippen LogP) is 1.55. The third kappa shape index (κ3) is 6.27. The highest BCUT2D eigenvalue weighted by Crippen LogP contribution is 2.12. The fourth-order valence-corrected chi connectivity index (χ4v) is 3.12. The van der Waals surface area contributed by atoms with Crippen LogP contribution in [0.3, 0.4) is 0 Å². The zero-order valence-corrected chi connectivity index (χ0v) is 16.0. The summed E-state index contributed by atoms with van der Waals surface area (Å²) in [7, 11) is 0. The second-order valence-electron chi connectivity index (χ2n) is 6.00. The Hall–Kier alpha value is -0.770. The number of aliphatic hydroxyl groups excluding tert-OH is 1. The van der Waals surface area contributed by atoms with Gasteiger partial charge in [-0.2, -0.15) is 0 Å². The van der Waals surface area contributed by atoms with Crippen LogP contribution in [0.15, 0.2) is 18.2 Å². The predicted molar refractivity (Wildman–Crippen MR) is 101 cm³/mol. The summed E-state index contributed by atoms with van der Waals surface area (Å²) >= 11 is 1.90. The van der Waals surface area contributed by atoms with Crippen molar-refractivity contribution in [2.45, 2.75) is 12.8 Å². The molecule has 0 atom stereocenters. The monoisotopic (exact) mass is 449 g/mol. The SMILES string of the molecule is O=C(NCCCCN1CCN(CCO)CC1)c1ccc(I)c(F)c1. The number of unbranched alkanes of at least 4 members (excludes halogenated alkanes) is 1. The molecule has 0 radical (unpaired) electrons. The van der Waals surface area contributed by atoms with Gasteiger partial charge in [-0.25, -0.2) is 4.39 Å². The van der Waals surface area contributed by atoms with Crippen molar-refractivity contribution in [2.24, 2.45) is 0 Å². The number of benzene rings is 1. The smallest absolute Gasteiger partial charge is 0.251 e. The quantitative estimate of drug-likeness (QED) is 0.467. The molecule has 134 valence electrons. The lowest BCUT2D eigenvalue weighted by Gasteiger charge is -2.34. The van der Waals surface area contributed by atoms with E-state index in [9.17, 15) is 9.18 Å². The normalized spacial score (nSPS) is 16.3. The molecule has 24 heavy (non-hydrogen) atoms. The van der Waals surface area contributed by atoms with Gasteiger partial charge in [-0.3, -0.25) is 9.69 Å². The minimum atomic E-state index is -0.358. The van der Waals surface area contributed by atoms with Crippen molar-refractivity contribution in [1.82, 2.24) is 15.1 Å². The van der Waals surface area contributed by atoms with Gasteiger partial charge in [0, 0.05) is 48.4 Å². The Labute approximate surface area is 156 Å². The molecule has 1 aromatic carbocycles. The number of aliphatic hydroxyl groups is 1. The molecule has 0 aromatic heterocycles. The van der Waals surface area contributed by atoms with Gasteiger partial charge in [-0.15, -0.1) is 0 Å². The highest BCUT2D eigenvalue weighted by Gasteiger charge is 2.15. The van der Waals surface area contributed by atoms with Crippen LogP contribution >= 0.6 is 22.6 Å². The molecule has 0 bridgehead atoms. The number of carbonyl (C=O) groups excluding carboxylic acids is 1. The van der Waals surface area contributed by atoms with Crippen molar-refractivity contribution in [3.8, 4) is 0 Å². The second kappa shape index (κ2) is 10.3.